The molecular formula is C25H28N2O3. The fraction of sp³-hybridized carbons (Fsp3) is 0.360. The largest absolute Gasteiger partial charge is 0.497 e. The fourth-order valence-electron chi connectivity index (χ4n) is 4.50. The molecule has 2 aromatic carbocycles. The molecule has 1 aromatic heterocycles. The topological polar surface area (TPSA) is 51.7 Å². The number of carbonyl (C=O) groups is 1. The minimum atomic E-state index is 0.0701. The maximum absolute atomic E-state index is 13.6. The van der Waals surface area contributed by atoms with Crippen LogP contribution in [0.5, 0.6) is 11.5 Å². The van der Waals surface area contributed by atoms with E-state index in [0.29, 0.717) is 28.9 Å². The number of hydrogen-bond donors (Lipinski definition) is 0. The lowest BCUT2D eigenvalue weighted by Crippen LogP contribution is -2.42. The number of nitrogens with zero attached hydrogens (tertiary/aromatic N) is 2. The molecule has 2 atom stereocenters. The summed E-state index contributed by atoms with van der Waals surface area (Å²) in [6, 6.07) is 15.4. The number of amides is 1. The van der Waals surface area contributed by atoms with E-state index in [4.69, 9.17) is 14.5 Å². The summed E-state index contributed by atoms with van der Waals surface area (Å²) in [7, 11) is 3.25. The summed E-state index contributed by atoms with van der Waals surface area (Å²) in [6.45, 7) is 6.02. The number of pyridine rings is 1. The summed E-state index contributed by atoms with van der Waals surface area (Å²) < 4.78 is 10.9. The van der Waals surface area contributed by atoms with Crippen LogP contribution in [0.15, 0.2) is 48.5 Å². The summed E-state index contributed by atoms with van der Waals surface area (Å²) in [6.07, 6.45) is 1.16. The Labute approximate surface area is 177 Å². The summed E-state index contributed by atoms with van der Waals surface area (Å²) in [5.74, 6) is 2.46. The third kappa shape index (κ3) is 3.84. The number of fused-ring (bicyclic) bond motifs is 1. The van der Waals surface area contributed by atoms with E-state index < -0.39 is 0 Å². The van der Waals surface area contributed by atoms with Gasteiger partial charge in [-0.15, -0.1) is 0 Å². The van der Waals surface area contributed by atoms with Crippen molar-refractivity contribution in [1.82, 2.24) is 9.88 Å². The monoisotopic (exact) mass is 404 g/mol. The number of rotatable bonds is 4. The summed E-state index contributed by atoms with van der Waals surface area (Å²) in [5, 5.41) is 0.879. The van der Waals surface area contributed by atoms with Gasteiger partial charge in [-0.3, -0.25) is 4.79 Å². The molecule has 2 unspecified atom stereocenters. The molecule has 0 spiro atoms. The highest BCUT2D eigenvalue weighted by Crippen LogP contribution is 2.35. The van der Waals surface area contributed by atoms with E-state index >= 15 is 0 Å². The van der Waals surface area contributed by atoms with E-state index in [1.54, 1.807) is 14.2 Å². The molecule has 4 rings (SSSR count). The average Bonchev–Trinajstić information content (AvgIpc) is 2.76. The van der Waals surface area contributed by atoms with Gasteiger partial charge in [-0.1, -0.05) is 32.0 Å². The normalized spacial score (nSPS) is 19.0. The Bertz CT molecular complexity index is 1070. The number of para-hydroxylation sites is 1. The Balaban J connectivity index is 1.84. The van der Waals surface area contributed by atoms with Gasteiger partial charge in [-0.05, 0) is 42.5 Å². The predicted molar refractivity (Wildman–Crippen MR) is 119 cm³/mol. The Morgan fingerprint density at radius 2 is 1.73 bits per heavy atom. The molecular weight excluding hydrogens is 376 g/mol. The minimum absolute atomic E-state index is 0.0701. The fourth-order valence-corrected chi connectivity index (χ4v) is 4.50. The van der Waals surface area contributed by atoms with Crippen LogP contribution in [0.4, 0.5) is 0 Å². The van der Waals surface area contributed by atoms with Crippen LogP contribution in [0, 0.1) is 11.8 Å². The average molecular weight is 405 g/mol. The molecule has 30 heavy (non-hydrogen) atoms. The van der Waals surface area contributed by atoms with Crippen molar-refractivity contribution in [3.63, 3.8) is 0 Å². The Hall–Kier alpha value is -3.08. The Morgan fingerprint density at radius 1 is 1.00 bits per heavy atom. The second-order valence-corrected chi connectivity index (χ2v) is 8.29. The van der Waals surface area contributed by atoms with Crippen molar-refractivity contribution in [2.75, 3.05) is 27.3 Å². The zero-order chi connectivity index (χ0) is 21.3. The van der Waals surface area contributed by atoms with Crippen molar-refractivity contribution < 1.29 is 14.3 Å². The highest BCUT2D eigenvalue weighted by molar-refractivity contribution is 6.07. The number of piperidine rings is 1. The molecule has 0 saturated carbocycles. The van der Waals surface area contributed by atoms with Crippen molar-refractivity contribution in [2.24, 2.45) is 11.8 Å². The van der Waals surface area contributed by atoms with Crippen LogP contribution in [-0.4, -0.2) is 43.1 Å². The number of ether oxygens (including phenoxy) is 2. The molecule has 0 radical (unpaired) electrons. The van der Waals surface area contributed by atoms with Crippen molar-refractivity contribution in [1.29, 1.82) is 0 Å². The first kappa shape index (κ1) is 20.2. The predicted octanol–water partition coefficient (Wildman–Crippen LogP) is 5.04. The summed E-state index contributed by atoms with van der Waals surface area (Å²) in [4.78, 5) is 20.4. The van der Waals surface area contributed by atoms with Crippen molar-refractivity contribution in [3.8, 4) is 22.8 Å². The second-order valence-electron chi connectivity index (χ2n) is 8.29. The molecule has 2 heterocycles. The minimum Gasteiger partial charge on any atom is -0.497 e. The lowest BCUT2D eigenvalue weighted by atomic mass is 9.91. The van der Waals surface area contributed by atoms with Gasteiger partial charge < -0.3 is 14.4 Å². The number of benzene rings is 2. The molecule has 5 heteroatoms. The third-order valence-electron chi connectivity index (χ3n) is 5.79. The van der Waals surface area contributed by atoms with Crippen LogP contribution < -0.4 is 9.47 Å². The maximum Gasteiger partial charge on any atom is 0.254 e. The van der Waals surface area contributed by atoms with Gasteiger partial charge >= 0.3 is 0 Å². The lowest BCUT2D eigenvalue weighted by molar-refractivity contribution is 0.0625. The molecule has 3 aromatic rings. The Kier molecular flexibility index (Phi) is 5.62. The Morgan fingerprint density at radius 3 is 2.43 bits per heavy atom. The van der Waals surface area contributed by atoms with Crippen LogP contribution in [0.2, 0.25) is 0 Å². The molecule has 1 aliphatic rings. The van der Waals surface area contributed by atoms with Gasteiger partial charge in [-0.2, -0.15) is 0 Å². The quantitative estimate of drug-likeness (QED) is 0.611. The van der Waals surface area contributed by atoms with Crippen LogP contribution in [0.3, 0.4) is 0 Å². The van der Waals surface area contributed by atoms with Crippen LogP contribution in [0.25, 0.3) is 22.2 Å². The zero-order valence-electron chi connectivity index (χ0n) is 18.0. The van der Waals surface area contributed by atoms with Crippen molar-refractivity contribution in [3.05, 3.63) is 54.1 Å². The molecule has 1 aliphatic heterocycles. The third-order valence-corrected chi connectivity index (χ3v) is 5.79. The number of methoxy groups -OCH3 is 2. The SMILES string of the molecule is COc1ccc(-c2cc(C(=O)N3CC(C)CC(C)C3)c3ccccc3n2)c(OC)c1. The molecule has 1 fully saturated rings. The van der Waals surface area contributed by atoms with Gasteiger partial charge in [0.2, 0.25) is 0 Å². The second kappa shape index (κ2) is 8.34. The molecule has 156 valence electrons. The number of likely N-dealkylation sites (tertiary alicyclic amines) is 1. The highest BCUT2D eigenvalue weighted by Gasteiger charge is 2.27. The molecule has 0 N–H and O–H groups in total. The molecule has 5 nitrogen and oxygen atoms in total. The van der Waals surface area contributed by atoms with E-state index in [9.17, 15) is 4.79 Å². The van der Waals surface area contributed by atoms with Crippen LogP contribution >= 0.6 is 0 Å². The van der Waals surface area contributed by atoms with Gasteiger partial charge in [0.15, 0.2) is 0 Å². The molecule has 1 saturated heterocycles. The number of carbonyl (C=O) groups excluding carboxylic acids is 1. The van der Waals surface area contributed by atoms with Gasteiger partial charge in [0.05, 0.1) is 31.0 Å². The van der Waals surface area contributed by atoms with Gasteiger partial charge in [0.25, 0.3) is 5.91 Å². The van der Waals surface area contributed by atoms with E-state index in [0.717, 1.165) is 41.7 Å². The lowest BCUT2D eigenvalue weighted by Gasteiger charge is -2.35. The van der Waals surface area contributed by atoms with Gasteiger partial charge in [-0.25, -0.2) is 4.98 Å². The smallest absolute Gasteiger partial charge is 0.254 e. The molecule has 0 bridgehead atoms. The first-order valence-corrected chi connectivity index (χ1v) is 10.4. The van der Waals surface area contributed by atoms with E-state index in [1.165, 1.54) is 0 Å². The standard InChI is InChI=1S/C25H28N2O3/c1-16-11-17(2)15-27(14-16)25(28)21-13-23(26-22-8-6-5-7-19(21)22)20-10-9-18(29-3)12-24(20)30-4/h5-10,12-13,16-17H,11,14-15H2,1-4H3. The van der Waals surface area contributed by atoms with Crippen LogP contribution in [0.1, 0.15) is 30.6 Å². The van der Waals surface area contributed by atoms with Crippen molar-refractivity contribution in [2.45, 2.75) is 20.3 Å². The zero-order valence-corrected chi connectivity index (χ0v) is 18.0. The molecule has 1 amide bonds. The van der Waals surface area contributed by atoms with Crippen molar-refractivity contribution >= 4 is 16.8 Å². The van der Waals surface area contributed by atoms with Gasteiger partial charge in [0, 0.05) is 30.1 Å². The summed E-state index contributed by atoms with van der Waals surface area (Å²) in [5.41, 5.74) is 3.04. The highest BCUT2D eigenvalue weighted by atomic mass is 16.5. The first-order valence-electron chi connectivity index (χ1n) is 10.4. The number of aromatic nitrogens is 1. The number of hydrogen-bond acceptors (Lipinski definition) is 4. The van der Waals surface area contributed by atoms with Crippen LogP contribution in [-0.2, 0) is 0 Å². The van der Waals surface area contributed by atoms with E-state index in [2.05, 4.69) is 13.8 Å². The molecule has 0 aliphatic carbocycles. The van der Waals surface area contributed by atoms with Gasteiger partial charge in [0.1, 0.15) is 11.5 Å². The summed E-state index contributed by atoms with van der Waals surface area (Å²) >= 11 is 0. The first-order chi connectivity index (χ1) is 14.5. The van der Waals surface area contributed by atoms with E-state index in [1.807, 2.05) is 53.4 Å². The maximum atomic E-state index is 13.6. The van der Waals surface area contributed by atoms with E-state index in [-0.39, 0.29) is 5.91 Å².